The minimum Gasteiger partial charge on any atom is -0.481 e. The zero-order valence-corrected chi connectivity index (χ0v) is 12.9. The summed E-state index contributed by atoms with van der Waals surface area (Å²) in [4.78, 5) is 14.4. The fourth-order valence-corrected chi connectivity index (χ4v) is 3.52. The van der Waals surface area contributed by atoms with Crippen LogP contribution in [-0.4, -0.2) is 41.4 Å². The van der Waals surface area contributed by atoms with Crippen molar-refractivity contribution in [1.82, 2.24) is 4.90 Å². The van der Waals surface area contributed by atoms with Crippen LogP contribution in [0.3, 0.4) is 0 Å². The number of thioether (sulfide) groups is 1. The standard InChI is InChI=1S/C16H23NO2S/c1-13-2-5-15(6-3-13)20-11-10-17-9-8-14(12-17)4-7-16(18)19/h2-3,5-6,14H,4,7-12H2,1H3,(H,18,19). The molecular formula is C16H23NO2S. The second kappa shape index (κ2) is 7.70. The van der Waals surface area contributed by atoms with Gasteiger partial charge < -0.3 is 10.0 Å². The molecule has 2 rings (SSSR count). The second-order valence-electron chi connectivity index (χ2n) is 5.55. The Balaban J connectivity index is 1.63. The summed E-state index contributed by atoms with van der Waals surface area (Å²) in [6.45, 7) is 5.40. The van der Waals surface area contributed by atoms with E-state index in [2.05, 4.69) is 36.1 Å². The molecule has 0 saturated carbocycles. The Kier molecular flexibility index (Phi) is 5.92. The Morgan fingerprint density at radius 2 is 2.15 bits per heavy atom. The molecule has 1 aliphatic rings. The Hall–Kier alpha value is -1.00. The smallest absolute Gasteiger partial charge is 0.303 e. The largest absolute Gasteiger partial charge is 0.481 e. The summed E-state index contributed by atoms with van der Waals surface area (Å²) >= 11 is 1.90. The number of likely N-dealkylation sites (tertiary alicyclic amines) is 1. The first-order valence-electron chi connectivity index (χ1n) is 7.27. The molecule has 0 bridgehead atoms. The van der Waals surface area contributed by atoms with E-state index in [1.165, 1.54) is 10.5 Å². The lowest BCUT2D eigenvalue weighted by atomic mass is 10.0. The van der Waals surface area contributed by atoms with Crippen molar-refractivity contribution in [1.29, 1.82) is 0 Å². The first-order valence-corrected chi connectivity index (χ1v) is 8.25. The van der Waals surface area contributed by atoms with E-state index in [1.807, 2.05) is 11.8 Å². The van der Waals surface area contributed by atoms with Gasteiger partial charge in [-0.15, -0.1) is 11.8 Å². The van der Waals surface area contributed by atoms with Crippen LogP contribution in [0.1, 0.15) is 24.8 Å². The molecule has 1 aliphatic heterocycles. The van der Waals surface area contributed by atoms with Gasteiger partial charge in [0.05, 0.1) is 0 Å². The fraction of sp³-hybridized carbons (Fsp3) is 0.562. The third-order valence-electron chi connectivity index (χ3n) is 3.83. The lowest BCUT2D eigenvalue weighted by molar-refractivity contribution is -0.137. The third-order valence-corrected chi connectivity index (χ3v) is 4.83. The van der Waals surface area contributed by atoms with Gasteiger partial charge >= 0.3 is 5.97 Å². The minimum atomic E-state index is -0.668. The molecule has 0 spiro atoms. The van der Waals surface area contributed by atoms with Crippen LogP contribution < -0.4 is 0 Å². The third kappa shape index (κ3) is 5.17. The Bertz CT molecular complexity index is 433. The predicted octanol–water partition coefficient (Wildman–Crippen LogP) is 3.27. The highest BCUT2D eigenvalue weighted by atomic mass is 32.2. The van der Waals surface area contributed by atoms with Crippen LogP contribution in [0, 0.1) is 12.8 Å². The summed E-state index contributed by atoms with van der Waals surface area (Å²) in [5.74, 6) is 1.02. The lowest BCUT2D eigenvalue weighted by Gasteiger charge is -2.15. The Morgan fingerprint density at radius 1 is 1.40 bits per heavy atom. The molecule has 4 heteroatoms. The number of aryl methyl sites for hydroxylation is 1. The van der Waals surface area contributed by atoms with Crippen LogP contribution >= 0.6 is 11.8 Å². The van der Waals surface area contributed by atoms with Crippen LogP contribution in [0.4, 0.5) is 0 Å². The number of benzene rings is 1. The van der Waals surface area contributed by atoms with E-state index < -0.39 is 5.97 Å². The molecule has 0 aliphatic carbocycles. The van der Waals surface area contributed by atoms with Crippen molar-refractivity contribution in [2.45, 2.75) is 31.1 Å². The molecule has 1 atom stereocenters. The van der Waals surface area contributed by atoms with Gasteiger partial charge in [-0.3, -0.25) is 4.79 Å². The summed E-state index contributed by atoms with van der Waals surface area (Å²) in [7, 11) is 0. The molecule has 1 aromatic carbocycles. The molecule has 1 unspecified atom stereocenters. The maximum absolute atomic E-state index is 10.6. The van der Waals surface area contributed by atoms with Gasteiger partial charge in [0.1, 0.15) is 0 Å². The van der Waals surface area contributed by atoms with Crippen LogP contribution in [0.25, 0.3) is 0 Å². The molecule has 0 amide bonds. The number of carboxylic acids is 1. The Morgan fingerprint density at radius 3 is 2.85 bits per heavy atom. The molecule has 0 radical (unpaired) electrons. The van der Waals surface area contributed by atoms with Gasteiger partial charge in [-0.25, -0.2) is 0 Å². The summed E-state index contributed by atoms with van der Waals surface area (Å²) in [6.07, 6.45) is 2.30. The minimum absolute atomic E-state index is 0.316. The maximum atomic E-state index is 10.6. The van der Waals surface area contributed by atoms with E-state index in [0.717, 1.165) is 38.2 Å². The number of aliphatic carboxylic acids is 1. The predicted molar refractivity (Wildman–Crippen MR) is 83.3 cm³/mol. The normalized spacial score (nSPS) is 19.4. The van der Waals surface area contributed by atoms with Gasteiger partial charge in [0.25, 0.3) is 0 Å². The molecule has 110 valence electrons. The highest BCUT2D eigenvalue weighted by Gasteiger charge is 2.22. The summed E-state index contributed by atoms with van der Waals surface area (Å²) in [6, 6.07) is 8.67. The quantitative estimate of drug-likeness (QED) is 0.783. The molecule has 1 heterocycles. The number of carboxylic acid groups (broad SMARTS) is 1. The molecule has 1 N–H and O–H groups in total. The van der Waals surface area contributed by atoms with E-state index in [4.69, 9.17) is 5.11 Å². The lowest BCUT2D eigenvalue weighted by Crippen LogP contribution is -2.23. The average molecular weight is 293 g/mol. The first-order chi connectivity index (χ1) is 9.63. The summed E-state index contributed by atoms with van der Waals surface area (Å²) in [5.41, 5.74) is 1.30. The van der Waals surface area contributed by atoms with Gasteiger partial charge in [0.2, 0.25) is 0 Å². The van der Waals surface area contributed by atoms with E-state index in [0.29, 0.717) is 12.3 Å². The van der Waals surface area contributed by atoms with Crippen LogP contribution in [0.2, 0.25) is 0 Å². The fourth-order valence-electron chi connectivity index (χ4n) is 2.61. The first kappa shape index (κ1) is 15.4. The Labute approximate surface area is 125 Å². The van der Waals surface area contributed by atoms with Crippen molar-refractivity contribution in [2.75, 3.05) is 25.4 Å². The van der Waals surface area contributed by atoms with Gasteiger partial charge in [-0.2, -0.15) is 0 Å². The molecule has 1 saturated heterocycles. The molecule has 20 heavy (non-hydrogen) atoms. The maximum Gasteiger partial charge on any atom is 0.303 e. The zero-order chi connectivity index (χ0) is 14.4. The zero-order valence-electron chi connectivity index (χ0n) is 12.0. The SMILES string of the molecule is Cc1ccc(SCCN2CCC(CCC(=O)O)C2)cc1. The van der Waals surface area contributed by atoms with Crippen molar-refractivity contribution in [3.63, 3.8) is 0 Å². The summed E-state index contributed by atoms with van der Waals surface area (Å²) in [5, 5.41) is 8.71. The van der Waals surface area contributed by atoms with Gasteiger partial charge in [0, 0.05) is 30.2 Å². The van der Waals surface area contributed by atoms with Crippen molar-refractivity contribution in [2.24, 2.45) is 5.92 Å². The molecule has 1 aromatic rings. The summed E-state index contributed by atoms with van der Waals surface area (Å²) < 4.78 is 0. The molecule has 3 nitrogen and oxygen atoms in total. The van der Waals surface area contributed by atoms with Crippen molar-refractivity contribution in [3.05, 3.63) is 29.8 Å². The highest BCUT2D eigenvalue weighted by Crippen LogP contribution is 2.23. The topological polar surface area (TPSA) is 40.5 Å². The molecule has 1 fully saturated rings. The monoisotopic (exact) mass is 293 g/mol. The van der Waals surface area contributed by atoms with Gasteiger partial charge in [0.15, 0.2) is 0 Å². The number of carbonyl (C=O) groups is 1. The van der Waals surface area contributed by atoms with E-state index in [-0.39, 0.29) is 0 Å². The van der Waals surface area contributed by atoms with Crippen molar-refractivity contribution in [3.8, 4) is 0 Å². The van der Waals surface area contributed by atoms with Crippen molar-refractivity contribution >= 4 is 17.7 Å². The van der Waals surface area contributed by atoms with E-state index >= 15 is 0 Å². The average Bonchev–Trinajstić information content (AvgIpc) is 2.87. The molecule has 0 aromatic heterocycles. The molecular weight excluding hydrogens is 270 g/mol. The van der Waals surface area contributed by atoms with Crippen LogP contribution in [0.15, 0.2) is 29.2 Å². The van der Waals surface area contributed by atoms with Crippen LogP contribution in [0.5, 0.6) is 0 Å². The number of nitrogens with zero attached hydrogens (tertiary/aromatic N) is 1. The second-order valence-corrected chi connectivity index (χ2v) is 6.72. The van der Waals surface area contributed by atoms with Gasteiger partial charge in [-0.1, -0.05) is 17.7 Å². The number of hydrogen-bond acceptors (Lipinski definition) is 3. The van der Waals surface area contributed by atoms with E-state index in [1.54, 1.807) is 0 Å². The van der Waals surface area contributed by atoms with E-state index in [9.17, 15) is 4.79 Å². The van der Waals surface area contributed by atoms with Crippen LogP contribution in [-0.2, 0) is 4.79 Å². The number of hydrogen-bond donors (Lipinski definition) is 1. The highest BCUT2D eigenvalue weighted by molar-refractivity contribution is 7.99. The number of rotatable bonds is 7. The van der Waals surface area contributed by atoms with Crippen molar-refractivity contribution < 1.29 is 9.90 Å². The van der Waals surface area contributed by atoms with Gasteiger partial charge in [-0.05, 0) is 44.4 Å².